The molecule has 23 heavy (non-hydrogen) atoms. The number of hydrogen-bond acceptors (Lipinski definition) is 4. The number of carbonyl (C=O) groups excluding carboxylic acids is 1. The maximum atomic E-state index is 12.8. The van der Waals surface area contributed by atoms with E-state index in [1.807, 2.05) is 0 Å². The van der Waals surface area contributed by atoms with Crippen molar-refractivity contribution < 1.29 is 14.3 Å². The van der Waals surface area contributed by atoms with Gasteiger partial charge in [0.05, 0.1) is 11.6 Å². The van der Waals surface area contributed by atoms with Gasteiger partial charge in [0.25, 0.3) is 0 Å². The lowest BCUT2D eigenvalue weighted by atomic mass is 10.2. The number of benzene rings is 1. The number of nitrogens with one attached hydrogen (secondary N) is 2. The minimum atomic E-state index is -0.555. The standard InChI is InChI=1S/C16H17ClFN3O2/c1-10(21-15-14(17)6-12(9-22)8-19-15)16(23)20-7-11-2-4-13(18)5-3-11/h2-6,8,10,22H,7,9H2,1H3,(H,19,21)(H,20,23). The molecule has 5 nitrogen and oxygen atoms in total. The van der Waals surface area contributed by atoms with Crippen molar-refractivity contribution in [1.82, 2.24) is 10.3 Å². The van der Waals surface area contributed by atoms with Crippen LogP contribution in [-0.2, 0) is 17.9 Å². The molecule has 1 aromatic carbocycles. The number of anilines is 1. The zero-order valence-corrected chi connectivity index (χ0v) is 13.3. The largest absolute Gasteiger partial charge is 0.392 e. The average molecular weight is 338 g/mol. The first-order chi connectivity index (χ1) is 11.0. The molecule has 1 amide bonds. The lowest BCUT2D eigenvalue weighted by molar-refractivity contribution is -0.121. The molecular formula is C16H17ClFN3O2. The predicted octanol–water partition coefficient (Wildman–Crippen LogP) is 2.48. The van der Waals surface area contributed by atoms with Gasteiger partial charge in [-0.1, -0.05) is 23.7 Å². The van der Waals surface area contributed by atoms with Gasteiger partial charge in [-0.25, -0.2) is 9.37 Å². The molecule has 1 atom stereocenters. The first kappa shape index (κ1) is 17.2. The average Bonchev–Trinajstić information content (AvgIpc) is 2.55. The number of aliphatic hydroxyl groups excluding tert-OH is 1. The molecule has 1 heterocycles. The summed E-state index contributed by atoms with van der Waals surface area (Å²) < 4.78 is 12.8. The summed E-state index contributed by atoms with van der Waals surface area (Å²) in [6.45, 7) is 1.83. The molecule has 0 aliphatic heterocycles. The fourth-order valence-corrected chi connectivity index (χ4v) is 2.13. The number of pyridine rings is 1. The van der Waals surface area contributed by atoms with Crippen LogP contribution in [0.3, 0.4) is 0 Å². The number of halogens is 2. The second-order valence-electron chi connectivity index (χ2n) is 5.04. The second kappa shape index (κ2) is 7.89. The van der Waals surface area contributed by atoms with E-state index in [-0.39, 0.29) is 18.3 Å². The topological polar surface area (TPSA) is 74.2 Å². The van der Waals surface area contributed by atoms with Crippen LogP contribution in [-0.4, -0.2) is 22.0 Å². The fraction of sp³-hybridized carbons (Fsp3) is 0.250. The number of hydrogen-bond donors (Lipinski definition) is 3. The number of rotatable bonds is 6. The van der Waals surface area contributed by atoms with Crippen LogP contribution in [0, 0.1) is 5.82 Å². The van der Waals surface area contributed by atoms with Crippen molar-refractivity contribution in [3.63, 3.8) is 0 Å². The second-order valence-corrected chi connectivity index (χ2v) is 5.45. The van der Waals surface area contributed by atoms with Crippen LogP contribution in [0.25, 0.3) is 0 Å². The van der Waals surface area contributed by atoms with Gasteiger partial charge in [-0.05, 0) is 36.2 Å². The smallest absolute Gasteiger partial charge is 0.242 e. The van der Waals surface area contributed by atoms with E-state index in [9.17, 15) is 9.18 Å². The van der Waals surface area contributed by atoms with Crippen LogP contribution in [0.2, 0.25) is 5.02 Å². The normalized spacial score (nSPS) is 11.8. The molecule has 1 unspecified atom stereocenters. The Morgan fingerprint density at radius 2 is 2.04 bits per heavy atom. The van der Waals surface area contributed by atoms with Crippen LogP contribution >= 0.6 is 11.6 Å². The molecular weight excluding hydrogens is 321 g/mol. The van der Waals surface area contributed by atoms with Crippen LogP contribution in [0.5, 0.6) is 0 Å². The third-order valence-electron chi connectivity index (χ3n) is 3.21. The first-order valence-corrected chi connectivity index (χ1v) is 7.41. The van der Waals surface area contributed by atoms with E-state index >= 15 is 0 Å². The van der Waals surface area contributed by atoms with Gasteiger partial charge in [0.15, 0.2) is 0 Å². The van der Waals surface area contributed by atoms with Gasteiger partial charge >= 0.3 is 0 Å². The van der Waals surface area contributed by atoms with E-state index in [1.165, 1.54) is 18.3 Å². The van der Waals surface area contributed by atoms with Gasteiger partial charge in [-0.3, -0.25) is 4.79 Å². The Morgan fingerprint density at radius 1 is 1.35 bits per heavy atom. The van der Waals surface area contributed by atoms with Crippen molar-refractivity contribution in [1.29, 1.82) is 0 Å². The van der Waals surface area contributed by atoms with Crippen LogP contribution in [0.4, 0.5) is 10.2 Å². The summed E-state index contributed by atoms with van der Waals surface area (Å²) in [7, 11) is 0. The Kier molecular flexibility index (Phi) is 5.90. The SMILES string of the molecule is CC(Nc1ncc(CO)cc1Cl)C(=O)NCc1ccc(F)cc1. The maximum Gasteiger partial charge on any atom is 0.242 e. The number of amides is 1. The number of aliphatic hydroxyl groups is 1. The molecule has 0 aliphatic rings. The summed E-state index contributed by atoms with van der Waals surface area (Å²) in [5.74, 6) is -0.186. The van der Waals surface area contributed by atoms with Gasteiger partial charge in [0.2, 0.25) is 5.91 Å². The number of nitrogens with zero attached hydrogens (tertiary/aromatic N) is 1. The minimum absolute atomic E-state index is 0.152. The molecule has 0 fully saturated rings. The summed E-state index contributed by atoms with van der Waals surface area (Å²) >= 11 is 6.04. The lowest BCUT2D eigenvalue weighted by Gasteiger charge is -2.16. The molecule has 0 aliphatic carbocycles. The molecule has 0 radical (unpaired) electrons. The Labute approximate surface area is 138 Å². The Balaban J connectivity index is 1.90. The minimum Gasteiger partial charge on any atom is -0.392 e. The molecule has 3 N–H and O–H groups in total. The fourth-order valence-electron chi connectivity index (χ4n) is 1.89. The van der Waals surface area contributed by atoms with Crippen molar-refractivity contribution in [2.24, 2.45) is 0 Å². The molecule has 0 spiro atoms. The Morgan fingerprint density at radius 3 is 2.65 bits per heavy atom. The molecule has 0 saturated carbocycles. The van der Waals surface area contributed by atoms with E-state index in [2.05, 4.69) is 15.6 Å². The van der Waals surface area contributed by atoms with Gasteiger partial charge in [0, 0.05) is 12.7 Å². The van der Waals surface area contributed by atoms with Gasteiger partial charge in [0.1, 0.15) is 17.7 Å². The molecule has 7 heteroatoms. The molecule has 2 rings (SSSR count). The highest BCUT2D eigenvalue weighted by molar-refractivity contribution is 6.33. The Hall–Kier alpha value is -2.18. The highest BCUT2D eigenvalue weighted by Gasteiger charge is 2.14. The predicted molar refractivity (Wildman–Crippen MR) is 86.5 cm³/mol. The molecule has 0 saturated heterocycles. The van der Waals surface area contributed by atoms with Crippen LogP contribution < -0.4 is 10.6 Å². The quantitative estimate of drug-likeness (QED) is 0.757. The number of aromatic nitrogens is 1. The highest BCUT2D eigenvalue weighted by atomic mass is 35.5. The summed E-state index contributed by atoms with van der Waals surface area (Å²) in [5.41, 5.74) is 1.39. The molecule has 0 bridgehead atoms. The summed E-state index contributed by atoms with van der Waals surface area (Å²) in [6.07, 6.45) is 1.48. The summed E-state index contributed by atoms with van der Waals surface area (Å²) in [6, 6.07) is 6.94. The third kappa shape index (κ3) is 4.91. The van der Waals surface area contributed by atoms with Gasteiger partial charge < -0.3 is 15.7 Å². The van der Waals surface area contributed by atoms with Crippen molar-refractivity contribution >= 4 is 23.3 Å². The van der Waals surface area contributed by atoms with Crippen molar-refractivity contribution in [3.05, 3.63) is 58.5 Å². The van der Waals surface area contributed by atoms with Gasteiger partial charge in [-0.15, -0.1) is 0 Å². The third-order valence-corrected chi connectivity index (χ3v) is 3.50. The maximum absolute atomic E-state index is 12.8. The van der Waals surface area contributed by atoms with E-state index in [1.54, 1.807) is 25.1 Å². The summed E-state index contributed by atoms with van der Waals surface area (Å²) in [4.78, 5) is 16.1. The highest BCUT2D eigenvalue weighted by Crippen LogP contribution is 2.20. The van der Waals surface area contributed by atoms with E-state index < -0.39 is 6.04 Å². The van der Waals surface area contributed by atoms with Crippen molar-refractivity contribution in [2.75, 3.05) is 5.32 Å². The first-order valence-electron chi connectivity index (χ1n) is 7.03. The van der Waals surface area contributed by atoms with E-state index in [0.29, 0.717) is 22.9 Å². The lowest BCUT2D eigenvalue weighted by Crippen LogP contribution is -2.37. The van der Waals surface area contributed by atoms with Crippen molar-refractivity contribution in [3.8, 4) is 0 Å². The monoisotopic (exact) mass is 337 g/mol. The molecule has 1 aromatic heterocycles. The van der Waals surface area contributed by atoms with Gasteiger partial charge in [-0.2, -0.15) is 0 Å². The molecule has 122 valence electrons. The van der Waals surface area contributed by atoms with Crippen LogP contribution in [0.15, 0.2) is 36.5 Å². The zero-order valence-electron chi connectivity index (χ0n) is 12.5. The zero-order chi connectivity index (χ0) is 16.8. The van der Waals surface area contributed by atoms with Crippen molar-refractivity contribution in [2.45, 2.75) is 26.1 Å². The van der Waals surface area contributed by atoms with Crippen LogP contribution in [0.1, 0.15) is 18.1 Å². The number of carbonyl (C=O) groups is 1. The Bertz CT molecular complexity index is 680. The van der Waals surface area contributed by atoms with E-state index in [0.717, 1.165) is 5.56 Å². The molecule has 2 aromatic rings. The van der Waals surface area contributed by atoms with E-state index in [4.69, 9.17) is 16.7 Å². The summed E-state index contributed by atoms with van der Waals surface area (Å²) in [5, 5.41) is 15.0.